The van der Waals surface area contributed by atoms with Crippen molar-refractivity contribution in [3.05, 3.63) is 12.2 Å². The number of ether oxygens (including phenoxy) is 3. The van der Waals surface area contributed by atoms with E-state index < -0.39 is 6.10 Å². The highest BCUT2D eigenvalue weighted by Gasteiger charge is 2.19. The summed E-state index contributed by atoms with van der Waals surface area (Å²) in [5.74, 6) is -0.846. The molecule has 0 aromatic heterocycles. The predicted molar refractivity (Wildman–Crippen MR) is 303 cm³/mol. The molecule has 0 aliphatic heterocycles. The smallest absolute Gasteiger partial charge is 0.306 e. The summed E-state index contributed by atoms with van der Waals surface area (Å²) in [5.41, 5.74) is 0. The van der Waals surface area contributed by atoms with Crippen LogP contribution in [0.15, 0.2) is 12.2 Å². The molecule has 0 fully saturated rings. The van der Waals surface area contributed by atoms with Crippen LogP contribution in [0.5, 0.6) is 0 Å². The lowest BCUT2D eigenvalue weighted by Gasteiger charge is -2.18. The van der Waals surface area contributed by atoms with Gasteiger partial charge in [0.25, 0.3) is 0 Å². The van der Waals surface area contributed by atoms with Gasteiger partial charge in [-0.15, -0.1) is 0 Å². The monoisotopic (exact) mass is 987 g/mol. The maximum Gasteiger partial charge on any atom is 0.306 e. The molecule has 1 unspecified atom stereocenters. The molecule has 0 radical (unpaired) electrons. The minimum Gasteiger partial charge on any atom is -0.462 e. The zero-order chi connectivity index (χ0) is 50.7. The Morgan fingerprint density at radius 1 is 0.271 bits per heavy atom. The molecule has 0 spiro atoms. The molecule has 0 aromatic rings. The molecule has 1 atom stereocenters. The Hall–Kier alpha value is -1.85. The quantitative estimate of drug-likeness (QED) is 0.0261. The average molecular weight is 988 g/mol. The highest BCUT2D eigenvalue weighted by molar-refractivity contribution is 5.71. The van der Waals surface area contributed by atoms with Crippen LogP contribution >= 0.6 is 0 Å². The minimum absolute atomic E-state index is 0.0661. The van der Waals surface area contributed by atoms with Gasteiger partial charge in [0.2, 0.25) is 0 Å². The van der Waals surface area contributed by atoms with Gasteiger partial charge in [-0.3, -0.25) is 14.4 Å². The third kappa shape index (κ3) is 57.1. The maximum atomic E-state index is 12.9. The number of esters is 3. The van der Waals surface area contributed by atoms with E-state index in [9.17, 15) is 14.4 Å². The van der Waals surface area contributed by atoms with Gasteiger partial charge in [-0.2, -0.15) is 0 Å². The SMILES string of the molecule is CCCCCC/C=C\CCCCCCCC(=O)OCC(COC(=O)CCCCCCCCCCCCCCCCCCCCCCCC)OC(=O)CCCCCCCCCCCCCCCCCCC. The zero-order valence-electron chi connectivity index (χ0n) is 47.6. The first kappa shape index (κ1) is 68.2. The Balaban J connectivity index is 4.24. The van der Waals surface area contributed by atoms with Crippen molar-refractivity contribution in [1.29, 1.82) is 0 Å². The highest BCUT2D eigenvalue weighted by Crippen LogP contribution is 2.18. The Labute approximate surface area is 437 Å². The Morgan fingerprint density at radius 3 is 0.729 bits per heavy atom. The molecule has 0 saturated heterocycles. The molecule has 0 bridgehead atoms. The summed E-state index contributed by atoms with van der Waals surface area (Å²) in [6, 6.07) is 0. The van der Waals surface area contributed by atoms with E-state index in [0.29, 0.717) is 19.3 Å². The lowest BCUT2D eigenvalue weighted by Crippen LogP contribution is -2.30. The second kappa shape index (κ2) is 59.7. The zero-order valence-corrected chi connectivity index (χ0v) is 47.6. The minimum atomic E-state index is -0.768. The van der Waals surface area contributed by atoms with Crippen molar-refractivity contribution < 1.29 is 28.6 Å². The van der Waals surface area contributed by atoms with Crippen molar-refractivity contribution >= 4 is 17.9 Å². The van der Waals surface area contributed by atoms with Gasteiger partial charge in [-0.05, 0) is 44.9 Å². The largest absolute Gasteiger partial charge is 0.462 e. The summed E-state index contributed by atoms with van der Waals surface area (Å²) in [4.78, 5) is 38.2. The van der Waals surface area contributed by atoms with E-state index in [4.69, 9.17) is 14.2 Å². The second-order valence-corrected chi connectivity index (χ2v) is 21.7. The Kier molecular flexibility index (Phi) is 58.1. The molecule has 6 heteroatoms. The van der Waals surface area contributed by atoms with Gasteiger partial charge in [-0.1, -0.05) is 309 Å². The molecule has 0 N–H and O–H groups in total. The molecule has 70 heavy (non-hydrogen) atoms. The van der Waals surface area contributed by atoms with Gasteiger partial charge < -0.3 is 14.2 Å². The molecule has 0 aliphatic rings. The fourth-order valence-electron chi connectivity index (χ4n) is 9.74. The first-order valence-electron chi connectivity index (χ1n) is 31.7. The topological polar surface area (TPSA) is 78.9 Å². The molecule has 0 aromatic carbocycles. The average Bonchev–Trinajstić information content (AvgIpc) is 3.36. The highest BCUT2D eigenvalue weighted by atomic mass is 16.6. The van der Waals surface area contributed by atoms with E-state index in [1.807, 2.05) is 0 Å². The fraction of sp³-hybridized carbons (Fsp3) is 0.922. The number of hydrogen-bond donors (Lipinski definition) is 0. The Morgan fingerprint density at radius 2 is 0.471 bits per heavy atom. The number of carbonyl (C=O) groups is 3. The Bertz CT molecular complexity index is 1090. The lowest BCUT2D eigenvalue weighted by molar-refractivity contribution is -0.167. The summed E-state index contributed by atoms with van der Waals surface area (Å²) in [7, 11) is 0. The van der Waals surface area contributed by atoms with Crippen molar-refractivity contribution in [3.8, 4) is 0 Å². The van der Waals surface area contributed by atoms with Crippen LogP contribution in [0.1, 0.15) is 361 Å². The standard InChI is InChI=1S/C64H122O6/c1-4-7-10-13-16-19-22-25-27-29-30-31-32-33-35-36-39-42-45-48-51-54-57-63(66)69-60-61(59-68-62(65)56-53-50-47-44-41-38-24-21-18-15-12-9-6-3)70-64(67)58-55-52-49-46-43-40-37-34-28-26-23-20-17-14-11-8-5-2/h21,24,61H,4-20,22-23,25-60H2,1-3H3/b24-21-. The van der Waals surface area contributed by atoms with Crippen LogP contribution in [-0.4, -0.2) is 37.2 Å². The molecule has 414 valence electrons. The summed E-state index contributed by atoms with van der Waals surface area (Å²) in [5, 5.41) is 0. The van der Waals surface area contributed by atoms with Crippen molar-refractivity contribution in [2.24, 2.45) is 0 Å². The van der Waals surface area contributed by atoms with Crippen LogP contribution in [0.2, 0.25) is 0 Å². The number of hydrogen-bond acceptors (Lipinski definition) is 6. The number of unbranched alkanes of at least 4 members (excludes halogenated alkanes) is 46. The van der Waals surface area contributed by atoms with Gasteiger partial charge in [0.15, 0.2) is 6.10 Å². The normalized spacial score (nSPS) is 12.0. The van der Waals surface area contributed by atoms with Gasteiger partial charge in [0, 0.05) is 19.3 Å². The fourth-order valence-corrected chi connectivity index (χ4v) is 9.74. The van der Waals surface area contributed by atoms with E-state index in [1.165, 1.54) is 257 Å². The summed E-state index contributed by atoms with van der Waals surface area (Å²) in [6.07, 6.45) is 69.3. The second-order valence-electron chi connectivity index (χ2n) is 21.7. The molecule has 0 rings (SSSR count). The molecule has 0 heterocycles. The van der Waals surface area contributed by atoms with Crippen molar-refractivity contribution in [3.63, 3.8) is 0 Å². The summed E-state index contributed by atoms with van der Waals surface area (Å²) >= 11 is 0. The van der Waals surface area contributed by atoms with E-state index in [1.54, 1.807) is 0 Å². The molecule has 0 amide bonds. The van der Waals surface area contributed by atoms with Crippen LogP contribution in [-0.2, 0) is 28.6 Å². The van der Waals surface area contributed by atoms with Crippen molar-refractivity contribution in [1.82, 2.24) is 0 Å². The van der Waals surface area contributed by atoms with E-state index in [-0.39, 0.29) is 31.1 Å². The van der Waals surface area contributed by atoms with Crippen LogP contribution in [0.3, 0.4) is 0 Å². The van der Waals surface area contributed by atoms with E-state index in [2.05, 4.69) is 32.9 Å². The molecular weight excluding hydrogens is 865 g/mol. The lowest BCUT2D eigenvalue weighted by atomic mass is 10.0. The molecule has 6 nitrogen and oxygen atoms in total. The number of rotatable bonds is 59. The van der Waals surface area contributed by atoms with Crippen LogP contribution in [0, 0.1) is 0 Å². The van der Waals surface area contributed by atoms with Crippen molar-refractivity contribution in [2.45, 2.75) is 367 Å². The van der Waals surface area contributed by atoms with E-state index in [0.717, 1.165) is 64.2 Å². The first-order valence-corrected chi connectivity index (χ1v) is 31.7. The molecule has 0 saturated carbocycles. The maximum absolute atomic E-state index is 12.9. The van der Waals surface area contributed by atoms with Gasteiger partial charge >= 0.3 is 17.9 Å². The first-order chi connectivity index (χ1) is 34.5. The van der Waals surface area contributed by atoms with Gasteiger partial charge in [0.05, 0.1) is 0 Å². The van der Waals surface area contributed by atoms with E-state index >= 15 is 0 Å². The number of carbonyl (C=O) groups excluding carboxylic acids is 3. The summed E-state index contributed by atoms with van der Waals surface area (Å²) < 4.78 is 16.9. The van der Waals surface area contributed by atoms with Gasteiger partial charge in [-0.25, -0.2) is 0 Å². The van der Waals surface area contributed by atoms with Gasteiger partial charge in [0.1, 0.15) is 13.2 Å². The summed E-state index contributed by atoms with van der Waals surface area (Å²) in [6.45, 7) is 6.69. The van der Waals surface area contributed by atoms with Crippen LogP contribution < -0.4 is 0 Å². The third-order valence-electron chi connectivity index (χ3n) is 14.5. The van der Waals surface area contributed by atoms with Crippen molar-refractivity contribution in [2.75, 3.05) is 13.2 Å². The predicted octanol–water partition coefficient (Wildman–Crippen LogP) is 21.3. The third-order valence-corrected chi connectivity index (χ3v) is 14.5. The number of allylic oxidation sites excluding steroid dienone is 2. The van der Waals surface area contributed by atoms with Crippen LogP contribution in [0.4, 0.5) is 0 Å². The van der Waals surface area contributed by atoms with Crippen LogP contribution in [0.25, 0.3) is 0 Å². The molecular formula is C64H122O6. The molecule has 0 aliphatic carbocycles.